The monoisotopic (exact) mass is 400 g/mol. The zero-order valence-corrected chi connectivity index (χ0v) is 16.9. The Morgan fingerprint density at radius 3 is 2.68 bits per heavy atom. The average Bonchev–Trinajstić information content (AvgIpc) is 2.95. The minimum atomic E-state index is 0.462. The highest BCUT2D eigenvalue weighted by molar-refractivity contribution is 6.30. The predicted octanol–water partition coefficient (Wildman–Crippen LogP) is 3.12. The molecule has 4 N–H and O–H groups in total. The molecule has 0 unspecified atom stereocenters. The summed E-state index contributed by atoms with van der Waals surface area (Å²) in [4.78, 5) is 9.05. The first-order valence-electron chi connectivity index (χ1n) is 9.42. The van der Waals surface area contributed by atoms with Crippen LogP contribution in [0.25, 0.3) is 27.6 Å². The Labute approximate surface area is 168 Å². The fraction of sp³-hybridized carbons (Fsp3) is 0.400. The molecule has 148 valence electrons. The summed E-state index contributed by atoms with van der Waals surface area (Å²) < 4.78 is 7.81. The van der Waals surface area contributed by atoms with Crippen LogP contribution in [-0.4, -0.2) is 39.8 Å². The van der Waals surface area contributed by atoms with Crippen molar-refractivity contribution in [2.45, 2.75) is 26.3 Å². The number of ether oxygens (including phenoxy) is 1. The van der Waals surface area contributed by atoms with Crippen LogP contribution in [0, 0.1) is 5.92 Å². The maximum atomic E-state index is 6.17. The molecule has 3 aromatic rings. The van der Waals surface area contributed by atoms with Crippen molar-refractivity contribution in [1.29, 1.82) is 0 Å². The van der Waals surface area contributed by atoms with Crippen LogP contribution in [0.2, 0.25) is 5.15 Å². The van der Waals surface area contributed by atoms with Crippen LogP contribution in [0.15, 0.2) is 30.2 Å². The molecule has 0 aliphatic carbocycles. The molecule has 1 aliphatic rings. The molecule has 7 nitrogen and oxygen atoms in total. The maximum absolute atomic E-state index is 6.17. The lowest BCUT2D eigenvalue weighted by atomic mass is 10.0. The lowest BCUT2D eigenvalue weighted by molar-refractivity contribution is 0.0619. The summed E-state index contributed by atoms with van der Waals surface area (Å²) in [6, 6.07) is 3.98. The Morgan fingerprint density at radius 1 is 1.25 bits per heavy atom. The van der Waals surface area contributed by atoms with Crippen LogP contribution in [0.1, 0.15) is 25.3 Å². The highest BCUT2D eigenvalue weighted by atomic mass is 35.5. The van der Waals surface area contributed by atoms with E-state index in [1.54, 1.807) is 7.05 Å². The molecule has 0 atom stereocenters. The van der Waals surface area contributed by atoms with Crippen molar-refractivity contribution in [3.05, 3.63) is 40.9 Å². The standard InChI is InChI=1S/C20H25ClN6O/c1-12(22)20(26(2)23)14-7-16-19(25-9-14)15-8-18(21)24-10-17(15)27(16)11-13-3-5-28-6-4-13/h7-10,13H,3-6,11,22-23H2,1-2H3/b20-12-. The first kappa shape index (κ1) is 19.0. The summed E-state index contributed by atoms with van der Waals surface area (Å²) in [5.41, 5.74) is 11.3. The second-order valence-electron chi connectivity index (χ2n) is 7.42. The molecule has 8 heteroatoms. The molecule has 0 amide bonds. The van der Waals surface area contributed by atoms with Gasteiger partial charge in [0.2, 0.25) is 0 Å². The van der Waals surface area contributed by atoms with Gasteiger partial charge < -0.3 is 20.0 Å². The number of halogens is 1. The molecular weight excluding hydrogens is 376 g/mol. The van der Waals surface area contributed by atoms with E-state index in [1.165, 1.54) is 5.01 Å². The van der Waals surface area contributed by atoms with Gasteiger partial charge in [-0.3, -0.25) is 4.98 Å². The highest BCUT2D eigenvalue weighted by Crippen LogP contribution is 2.32. The van der Waals surface area contributed by atoms with Crippen LogP contribution in [0.5, 0.6) is 0 Å². The largest absolute Gasteiger partial charge is 0.401 e. The van der Waals surface area contributed by atoms with E-state index in [0.29, 0.717) is 16.8 Å². The Kier molecular flexibility index (Phi) is 5.14. The molecule has 0 saturated carbocycles. The van der Waals surface area contributed by atoms with E-state index in [9.17, 15) is 0 Å². The average molecular weight is 401 g/mol. The molecule has 1 fully saturated rings. The van der Waals surface area contributed by atoms with E-state index in [1.807, 2.05) is 25.4 Å². The molecule has 28 heavy (non-hydrogen) atoms. The lowest BCUT2D eigenvalue weighted by Crippen LogP contribution is -2.26. The molecule has 0 bridgehead atoms. The third-order valence-corrected chi connectivity index (χ3v) is 5.54. The van der Waals surface area contributed by atoms with Crippen molar-refractivity contribution in [3.63, 3.8) is 0 Å². The molecule has 0 spiro atoms. The maximum Gasteiger partial charge on any atom is 0.129 e. The topological polar surface area (TPSA) is 95.2 Å². The molecule has 4 heterocycles. The smallest absolute Gasteiger partial charge is 0.129 e. The van der Waals surface area contributed by atoms with Crippen LogP contribution in [0.3, 0.4) is 0 Å². The minimum absolute atomic E-state index is 0.462. The number of fused-ring (bicyclic) bond motifs is 3. The van der Waals surface area contributed by atoms with Crippen LogP contribution >= 0.6 is 11.6 Å². The van der Waals surface area contributed by atoms with Gasteiger partial charge in [-0.25, -0.2) is 10.8 Å². The second kappa shape index (κ2) is 7.58. The number of hydrogen-bond acceptors (Lipinski definition) is 6. The zero-order chi connectivity index (χ0) is 19.8. The Balaban J connectivity index is 1.92. The first-order chi connectivity index (χ1) is 13.5. The van der Waals surface area contributed by atoms with E-state index in [2.05, 4.69) is 15.6 Å². The van der Waals surface area contributed by atoms with Crippen LogP contribution < -0.4 is 11.6 Å². The molecular formula is C20H25ClN6O. The van der Waals surface area contributed by atoms with E-state index in [0.717, 1.165) is 65.8 Å². The minimum Gasteiger partial charge on any atom is -0.401 e. The van der Waals surface area contributed by atoms with Crippen molar-refractivity contribution < 1.29 is 4.74 Å². The van der Waals surface area contributed by atoms with E-state index in [4.69, 9.17) is 32.9 Å². The van der Waals surface area contributed by atoms with E-state index in [-0.39, 0.29) is 0 Å². The van der Waals surface area contributed by atoms with E-state index < -0.39 is 0 Å². The fourth-order valence-electron chi connectivity index (χ4n) is 4.05. The predicted molar refractivity (Wildman–Crippen MR) is 112 cm³/mol. The molecule has 0 aromatic carbocycles. The quantitative estimate of drug-likeness (QED) is 0.397. The van der Waals surface area contributed by atoms with Gasteiger partial charge in [0.05, 0.1) is 28.4 Å². The number of nitrogens with zero attached hydrogens (tertiary/aromatic N) is 4. The summed E-state index contributed by atoms with van der Waals surface area (Å²) in [6.07, 6.45) is 5.74. The lowest BCUT2D eigenvalue weighted by Gasteiger charge is -2.23. The molecule has 4 rings (SSSR count). The number of nitrogens with two attached hydrogens (primary N) is 2. The van der Waals surface area contributed by atoms with Gasteiger partial charge >= 0.3 is 0 Å². The third-order valence-electron chi connectivity index (χ3n) is 5.34. The van der Waals surface area contributed by atoms with Gasteiger partial charge in [0.15, 0.2) is 0 Å². The van der Waals surface area contributed by atoms with Crippen molar-refractivity contribution in [3.8, 4) is 0 Å². The van der Waals surface area contributed by atoms with E-state index >= 15 is 0 Å². The Bertz CT molecular complexity index is 1050. The van der Waals surface area contributed by atoms with Gasteiger partial charge in [-0.2, -0.15) is 0 Å². The molecule has 1 aliphatic heterocycles. The third kappa shape index (κ3) is 3.41. The van der Waals surface area contributed by atoms with Gasteiger partial charge in [-0.1, -0.05) is 11.6 Å². The number of rotatable bonds is 4. The van der Waals surface area contributed by atoms with Gasteiger partial charge in [-0.15, -0.1) is 0 Å². The Hall–Kier alpha value is -2.35. The van der Waals surface area contributed by atoms with Crippen molar-refractivity contribution in [2.75, 3.05) is 20.3 Å². The van der Waals surface area contributed by atoms with Gasteiger partial charge in [0.1, 0.15) is 5.15 Å². The highest BCUT2D eigenvalue weighted by Gasteiger charge is 2.20. The molecule has 0 radical (unpaired) electrons. The number of pyridine rings is 2. The van der Waals surface area contributed by atoms with Crippen molar-refractivity contribution in [2.24, 2.45) is 17.5 Å². The second-order valence-corrected chi connectivity index (χ2v) is 7.81. The normalized spacial score (nSPS) is 16.6. The van der Waals surface area contributed by atoms with Crippen LogP contribution in [-0.2, 0) is 11.3 Å². The van der Waals surface area contributed by atoms with Crippen molar-refractivity contribution in [1.82, 2.24) is 19.5 Å². The first-order valence-corrected chi connectivity index (χ1v) is 9.80. The SMILES string of the molecule is C/C(N)=C(\c1cnc2c3cc(Cl)ncc3n(CC3CCOCC3)c2c1)N(C)N. The number of allylic oxidation sites excluding steroid dienone is 1. The molecule has 3 aromatic heterocycles. The number of hydrazine groups is 1. The van der Waals surface area contributed by atoms with Gasteiger partial charge in [-0.05, 0) is 37.8 Å². The number of hydrogen-bond donors (Lipinski definition) is 2. The van der Waals surface area contributed by atoms with Crippen molar-refractivity contribution >= 4 is 39.2 Å². The summed E-state index contributed by atoms with van der Waals surface area (Å²) in [5.74, 6) is 6.57. The van der Waals surface area contributed by atoms with Gasteiger partial charge in [0.25, 0.3) is 0 Å². The summed E-state index contributed by atoms with van der Waals surface area (Å²) in [6.45, 7) is 4.35. The van der Waals surface area contributed by atoms with Crippen LogP contribution in [0.4, 0.5) is 0 Å². The van der Waals surface area contributed by atoms with Gasteiger partial charge in [0, 0.05) is 49.6 Å². The fourth-order valence-corrected chi connectivity index (χ4v) is 4.20. The zero-order valence-electron chi connectivity index (χ0n) is 16.2. The summed E-state index contributed by atoms with van der Waals surface area (Å²) in [5, 5.41) is 3.00. The summed E-state index contributed by atoms with van der Waals surface area (Å²) in [7, 11) is 1.77. The molecule has 1 saturated heterocycles. The Morgan fingerprint density at radius 2 is 2.00 bits per heavy atom. The number of aromatic nitrogens is 3. The summed E-state index contributed by atoms with van der Waals surface area (Å²) >= 11 is 6.17.